The van der Waals surface area contributed by atoms with E-state index < -0.39 is 40.1 Å². The number of ether oxygens (including phenoxy) is 4. The number of cyclic esters (lactones) is 1. The first-order valence-electron chi connectivity index (χ1n) is 12.3. The van der Waals surface area contributed by atoms with Gasteiger partial charge in [-0.3, -0.25) is 4.79 Å². The van der Waals surface area contributed by atoms with Gasteiger partial charge in [0.05, 0.1) is 17.6 Å². The molecule has 0 bridgehead atoms. The van der Waals surface area contributed by atoms with Crippen molar-refractivity contribution in [2.75, 3.05) is 19.8 Å². The van der Waals surface area contributed by atoms with Crippen molar-refractivity contribution in [1.29, 1.82) is 0 Å². The number of esters is 3. The highest BCUT2D eigenvalue weighted by Gasteiger charge is 2.77. The lowest BCUT2D eigenvalue weighted by Crippen LogP contribution is -2.71. The first kappa shape index (κ1) is 25.6. The molecule has 4 rings (SSSR count). The summed E-state index contributed by atoms with van der Waals surface area (Å²) in [6.45, 7) is 9.27. The molecule has 0 aromatic carbocycles. The summed E-state index contributed by atoms with van der Waals surface area (Å²) in [7, 11) is 0. The minimum absolute atomic E-state index is 0.0314. The monoisotopic (exact) mass is 488 g/mol. The molecule has 3 fully saturated rings. The lowest BCUT2D eigenvalue weighted by molar-refractivity contribution is -0.253. The van der Waals surface area contributed by atoms with Crippen LogP contribution in [0.5, 0.6) is 0 Å². The molecule has 0 radical (unpaired) electrons. The second-order valence-electron chi connectivity index (χ2n) is 10.8. The van der Waals surface area contributed by atoms with Gasteiger partial charge in [0.1, 0.15) is 24.9 Å². The van der Waals surface area contributed by atoms with Gasteiger partial charge in [0, 0.05) is 30.4 Å². The third-order valence-electron chi connectivity index (χ3n) is 8.92. The molecule has 0 aromatic heterocycles. The van der Waals surface area contributed by atoms with Crippen LogP contribution in [0.2, 0.25) is 0 Å². The summed E-state index contributed by atoms with van der Waals surface area (Å²) in [6.07, 6.45) is 8.70. The number of carbonyl (C=O) groups is 3. The summed E-state index contributed by atoms with van der Waals surface area (Å²) in [5.74, 6) is -1.49. The molecule has 8 nitrogen and oxygen atoms in total. The van der Waals surface area contributed by atoms with E-state index in [9.17, 15) is 19.5 Å². The highest BCUT2D eigenvalue weighted by Crippen LogP contribution is 2.69. The van der Waals surface area contributed by atoms with Gasteiger partial charge in [-0.2, -0.15) is 0 Å². The number of hydrogen-bond acceptors (Lipinski definition) is 8. The van der Waals surface area contributed by atoms with Crippen LogP contribution in [0.3, 0.4) is 0 Å². The zero-order valence-electron chi connectivity index (χ0n) is 21.2. The predicted molar refractivity (Wildman–Crippen MR) is 126 cm³/mol. The Labute approximate surface area is 206 Å². The molecule has 4 aliphatic rings. The van der Waals surface area contributed by atoms with E-state index in [0.717, 1.165) is 24.8 Å². The lowest BCUT2D eigenvalue weighted by atomic mass is 9.42. The normalized spacial score (nSPS) is 40.8. The second kappa shape index (κ2) is 8.89. The largest absolute Gasteiger partial charge is 0.465 e. The van der Waals surface area contributed by atoms with Crippen molar-refractivity contribution in [2.24, 2.45) is 16.7 Å². The van der Waals surface area contributed by atoms with Gasteiger partial charge in [0.25, 0.3) is 0 Å². The molecule has 0 aromatic rings. The van der Waals surface area contributed by atoms with Gasteiger partial charge in [0.2, 0.25) is 0 Å². The average molecular weight is 489 g/mol. The standard InChI is InChI=1S/C27H36O8/c1-6-17(2)23(30)35-21-13-25(5,31)24(4,11-9-19-12-22(29)32-14-19)20-8-7-10-26(15-34-26)27(20,21)16-33-18(3)28/h6,9,11-12,20-21,31H,7-8,10,13-16H2,1-5H3/b11-9+,17-6+/t20-,21+,24-,25+,26+,27+/m1/s1. The van der Waals surface area contributed by atoms with E-state index >= 15 is 0 Å². The second-order valence-corrected chi connectivity index (χ2v) is 10.8. The van der Waals surface area contributed by atoms with Crippen molar-refractivity contribution in [3.8, 4) is 0 Å². The summed E-state index contributed by atoms with van der Waals surface area (Å²) in [4.78, 5) is 36.5. The molecule has 2 heterocycles. The van der Waals surface area contributed by atoms with Gasteiger partial charge in [-0.1, -0.05) is 31.6 Å². The predicted octanol–water partition coefficient (Wildman–Crippen LogP) is 3.18. The zero-order valence-corrected chi connectivity index (χ0v) is 21.2. The number of hydrogen-bond donors (Lipinski definition) is 1. The van der Waals surface area contributed by atoms with Gasteiger partial charge in [-0.15, -0.1) is 0 Å². The molecule has 2 aliphatic carbocycles. The Morgan fingerprint density at radius 3 is 2.57 bits per heavy atom. The highest BCUT2D eigenvalue weighted by atomic mass is 16.6. The number of fused-ring (bicyclic) bond motifs is 2. The first-order valence-corrected chi connectivity index (χ1v) is 12.3. The molecule has 1 N–H and O–H groups in total. The molecule has 192 valence electrons. The molecule has 35 heavy (non-hydrogen) atoms. The number of aliphatic hydroxyl groups is 1. The van der Waals surface area contributed by atoms with E-state index in [1.54, 1.807) is 26.8 Å². The topological polar surface area (TPSA) is 112 Å². The third-order valence-corrected chi connectivity index (χ3v) is 8.92. The number of allylic oxidation sites excluding steroid dienone is 1. The minimum atomic E-state index is -1.26. The fraction of sp³-hybridized carbons (Fsp3) is 0.667. The van der Waals surface area contributed by atoms with Crippen molar-refractivity contribution >= 4 is 17.9 Å². The molecule has 1 saturated heterocycles. The van der Waals surface area contributed by atoms with Crippen LogP contribution in [0, 0.1) is 16.7 Å². The van der Waals surface area contributed by atoms with Gasteiger partial charge in [0.15, 0.2) is 0 Å². The number of rotatable bonds is 6. The van der Waals surface area contributed by atoms with E-state index in [0.29, 0.717) is 12.2 Å². The van der Waals surface area contributed by atoms with E-state index in [1.165, 1.54) is 13.0 Å². The van der Waals surface area contributed by atoms with Crippen LogP contribution in [0.25, 0.3) is 0 Å². The smallest absolute Gasteiger partial charge is 0.333 e. The van der Waals surface area contributed by atoms with Crippen LogP contribution in [-0.4, -0.2) is 60.1 Å². The van der Waals surface area contributed by atoms with E-state index in [4.69, 9.17) is 18.9 Å². The molecular formula is C27H36O8. The average Bonchev–Trinajstić information content (AvgIpc) is 3.45. The highest BCUT2D eigenvalue weighted by molar-refractivity contribution is 5.88. The van der Waals surface area contributed by atoms with Crippen LogP contribution >= 0.6 is 0 Å². The quantitative estimate of drug-likeness (QED) is 0.263. The maximum Gasteiger partial charge on any atom is 0.333 e. The molecule has 1 spiro atoms. The van der Waals surface area contributed by atoms with Crippen molar-refractivity contribution in [2.45, 2.75) is 77.6 Å². The van der Waals surface area contributed by atoms with Gasteiger partial charge in [-0.05, 0) is 45.1 Å². The van der Waals surface area contributed by atoms with Crippen molar-refractivity contribution in [1.82, 2.24) is 0 Å². The summed E-state index contributed by atoms with van der Waals surface area (Å²) in [6, 6.07) is 0. The lowest BCUT2D eigenvalue weighted by Gasteiger charge is -2.64. The van der Waals surface area contributed by atoms with Crippen LogP contribution in [0.15, 0.2) is 35.5 Å². The summed E-state index contributed by atoms with van der Waals surface area (Å²) < 4.78 is 22.9. The van der Waals surface area contributed by atoms with Crippen molar-refractivity contribution in [3.05, 3.63) is 35.5 Å². The fourth-order valence-electron chi connectivity index (χ4n) is 6.48. The van der Waals surface area contributed by atoms with Crippen molar-refractivity contribution in [3.63, 3.8) is 0 Å². The zero-order chi connectivity index (χ0) is 25.6. The Kier molecular flexibility index (Phi) is 6.51. The molecule has 2 saturated carbocycles. The molecule has 0 unspecified atom stereocenters. The van der Waals surface area contributed by atoms with Crippen LogP contribution in [0.1, 0.15) is 60.3 Å². The number of epoxide rings is 1. The summed E-state index contributed by atoms with van der Waals surface area (Å²) in [5, 5.41) is 11.9. The molecule has 6 atom stereocenters. The number of carbonyl (C=O) groups excluding carboxylic acids is 3. The van der Waals surface area contributed by atoms with Crippen molar-refractivity contribution < 1.29 is 38.4 Å². The van der Waals surface area contributed by atoms with Gasteiger partial charge >= 0.3 is 17.9 Å². The molecule has 8 heteroatoms. The van der Waals surface area contributed by atoms with E-state index in [1.807, 2.05) is 19.1 Å². The van der Waals surface area contributed by atoms with Crippen LogP contribution < -0.4 is 0 Å². The van der Waals surface area contributed by atoms with Crippen LogP contribution in [-0.2, 0) is 33.3 Å². The molecular weight excluding hydrogens is 452 g/mol. The summed E-state index contributed by atoms with van der Waals surface area (Å²) >= 11 is 0. The van der Waals surface area contributed by atoms with Crippen LogP contribution in [0.4, 0.5) is 0 Å². The Morgan fingerprint density at radius 2 is 2.00 bits per heavy atom. The first-order chi connectivity index (χ1) is 16.4. The SMILES string of the molecule is C/C=C(\C)C(=O)O[C@H]1C[C@](C)(O)[C@](C)(/C=C/C2=CC(=O)OC2)[C@H]2CCC[C@]3(CO3)[C@]12COC(C)=O. The van der Waals surface area contributed by atoms with E-state index in [2.05, 4.69) is 0 Å². The Bertz CT molecular complexity index is 1000. The van der Waals surface area contributed by atoms with Gasteiger partial charge in [-0.25, -0.2) is 9.59 Å². The Morgan fingerprint density at radius 1 is 1.29 bits per heavy atom. The third kappa shape index (κ3) is 4.14. The molecule has 0 amide bonds. The summed E-state index contributed by atoms with van der Waals surface area (Å²) in [5.41, 5.74) is -2.30. The maximum absolute atomic E-state index is 12.9. The Hall–Kier alpha value is -2.45. The molecule has 2 aliphatic heterocycles. The minimum Gasteiger partial charge on any atom is -0.465 e. The van der Waals surface area contributed by atoms with Gasteiger partial charge < -0.3 is 24.1 Å². The maximum atomic E-state index is 12.9. The fourth-order valence-corrected chi connectivity index (χ4v) is 6.48. The van der Waals surface area contributed by atoms with E-state index in [-0.39, 0.29) is 31.5 Å². The Balaban J connectivity index is 1.83.